The van der Waals surface area contributed by atoms with Gasteiger partial charge in [0.05, 0.1) is 39.6 Å². The van der Waals surface area contributed by atoms with Crippen LogP contribution in [0.25, 0.3) is 0 Å². The maximum atomic E-state index is 12.8. The van der Waals surface area contributed by atoms with E-state index in [4.69, 9.17) is 14.2 Å². The molecule has 7 nitrogen and oxygen atoms in total. The lowest BCUT2D eigenvalue weighted by Gasteiger charge is -2.17. The Hall–Kier alpha value is -2.80. The summed E-state index contributed by atoms with van der Waals surface area (Å²) in [6, 6.07) is 3.88. The first-order chi connectivity index (χ1) is 13.2. The van der Waals surface area contributed by atoms with E-state index < -0.39 is 5.97 Å². The van der Waals surface area contributed by atoms with Crippen molar-refractivity contribution < 1.29 is 28.7 Å². The van der Waals surface area contributed by atoms with E-state index in [9.17, 15) is 9.59 Å². The van der Waals surface area contributed by atoms with Crippen LogP contribution in [0.2, 0.25) is 0 Å². The average molecular weight is 389 g/mol. The van der Waals surface area contributed by atoms with Gasteiger partial charge in [-0.3, -0.25) is 4.79 Å². The zero-order valence-corrected chi connectivity index (χ0v) is 17.6. The zero-order chi connectivity index (χ0) is 21.0. The second kappa shape index (κ2) is 8.93. The Morgan fingerprint density at radius 3 is 2.21 bits per heavy atom. The number of ketones is 1. The maximum absolute atomic E-state index is 12.8. The van der Waals surface area contributed by atoms with Crippen molar-refractivity contribution in [2.75, 3.05) is 34.9 Å². The molecule has 0 fully saturated rings. The molecular weight excluding hydrogens is 360 g/mol. The average Bonchev–Trinajstić information content (AvgIpc) is 2.96. The third-order valence-corrected chi connectivity index (χ3v) is 4.90. The second-order valence-corrected chi connectivity index (χ2v) is 6.98. The summed E-state index contributed by atoms with van der Waals surface area (Å²) in [5.74, 6) is 0.865. The largest absolute Gasteiger partial charge is 0.493 e. The van der Waals surface area contributed by atoms with Gasteiger partial charge < -0.3 is 24.1 Å². The number of hydrogen-bond donors (Lipinski definition) is 2. The summed E-state index contributed by atoms with van der Waals surface area (Å²) in [4.78, 5) is 28.8. The predicted octanol–water partition coefficient (Wildman–Crippen LogP) is 1.64. The number of aryl methyl sites for hydroxylation is 2. The quantitative estimate of drug-likeness (QED) is 0.530. The number of rotatable bonds is 8. The topological polar surface area (TPSA) is 82.1 Å². The van der Waals surface area contributed by atoms with Gasteiger partial charge in [-0.15, -0.1) is 0 Å². The fourth-order valence-electron chi connectivity index (χ4n) is 3.40. The van der Waals surface area contributed by atoms with Gasteiger partial charge in [0.15, 0.2) is 11.5 Å². The number of aromatic amines is 1. The molecule has 0 aliphatic heterocycles. The first kappa shape index (κ1) is 21.5. The Morgan fingerprint density at radius 1 is 1.04 bits per heavy atom. The fourth-order valence-corrected chi connectivity index (χ4v) is 3.40. The van der Waals surface area contributed by atoms with Crippen LogP contribution in [0.1, 0.15) is 43.2 Å². The van der Waals surface area contributed by atoms with Gasteiger partial charge in [-0.25, -0.2) is 4.79 Å². The molecule has 28 heavy (non-hydrogen) atoms. The van der Waals surface area contributed by atoms with Gasteiger partial charge in [-0.2, -0.15) is 0 Å². The van der Waals surface area contributed by atoms with Gasteiger partial charge in [-0.05, 0) is 44.0 Å². The highest BCUT2D eigenvalue weighted by Crippen LogP contribution is 2.29. The molecular formula is C21H29N2O5+. The van der Waals surface area contributed by atoms with Crippen LogP contribution in [0.5, 0.6) is 11.5 Å². The number of aromatic nitrogens is 1. The van der Waals surface area contributed by atoms with Crippen LogP contribution < -0.4 is 14.4 Å². The molecule has 1 atom stereocenters. The number of methoxy groups -OCH3 is 3. The molecule has 1 unspecified atom stereocenters. The highest BCUT2D eigenvalue weighted by Gasteiger charge is 2.24. The molecule has 152 valence electrons. The van der Waals surface area contributed by atoms with Crippen molar-refractivity contribution >= 4 is 11.8 Å². The van der Waals surface area contributed by atoms with E-state index in [1.165, 1.54) is 7.11 Å². The van der Waals surface area contributed by atoms with Crippen LogP contribution in [0.15, 0.2) is 12.1 Å². The summed E-state index contributed by atoms with van der Waals surface area (Å²) in [6.45, 7) is 6.47. The summed E-state index contributed by atoms with van der Waals surface area (Å²) < 4.78 is 15.5. The minimum absolute atomic E-state index is 0.0496. The summed E-state index contributed by atoms with van der Waals surface area (Å²) in [7, 11) is 6.50. The maximum Gasteiger partial charge on any atom is 0.339 e. The molecule has 1 aromatic carbocycles. The van der Waals surface area contributed by atoms with Gasteiger partial charge in [0.2, 0.25) is 5.78 Å². The van der Waals surface area contributed by atoms with Gasteiger partial charge in [-0.1, -0.05) is 0 Å². The van der Waals surface area contributed by atoms with Crippen molar-refractivity contribution in [3.05, 3.63) is 45.8 Å². The first-order valence-corrected chi connectivity index (χ1v) is 9.06. The summed E-state index contributed by atoms with van der Waals surface area (Å²) in [5.41, 5.74) is 4.31. The number of H-pyrrole nitrogens is 1. The van der Waals surface area contributed by atoms with Crippen LogP contribution in [-0.4, -0.2) is 51.7 Å². The molecule has 0 amide bonds. The molecule has 1 heterocycles. The van der Waals surface area contributed by atoms with E-state index >= 15 is 0 Å². The molecule has 0 aliphatic carbocycles. The Morgan fingerprint density at radius 2 is 1.64 bits per heavy atom. The number of likely N-dealkylation sites (N-methyl/N-ethyl adjacent to an activating group) is 1. The lowest BCUT2D eigenvalue weighted by Crippen LogP contribution is -3.08. The van der Waals surface area contributed by atoms with Crippen LogP contribution in [0, 0.1) is 20.8 Å². The third-order valence-electron chi connectivity index (χ3n) is 4.90. The Kier molecular flexibility index (Phi) is 6.85. The number of ether oxygens (including phenoxy) is 3. The second-order valence-electron chi connectivity index (χ2n) is 6.98. The number of carbonyl (C=O) groups excluding carboxylic acids is 2. The van der Waals surface area contributed by atoms with Crippen molar-refractivity contribution in [2.24, 2.45) is 0 Å². The van der Waals surface area contributed by atoms with E-state index in [0.717, 1.165) is 16.0 Å². The monoisotopic (exact) mass is 389 g/mol. The van der Waals surface area contributed by atoms with E-state index in [2.05, 4.69) is 4.98 Å². The Labute approximate surface area is 165 Å². The summed E-state index contributed by atoms with van der Waals surface area (Å²) >= 11 is 0. The van der Waals surface area contributed by atoms with Crippen molar-refractivity contribution in [3.8, 4) is 11.5 Å². The van der Waals surface area contributed by atoms with Crippen molar-refractivity contribution in [1.29, 1.82) is 0 Å². The number of hydrogen-bond acceptors (Lipinski definition) is 5. The number of esters is 1. The molecule has 0 saturated carbocycles. The number of quaternary nitrogens is 1. The van der Waals surface area contributed by atoms with Gasteiger partial charge >= 0.3 is 5.97 Å². The molecule has 0 radical (unpaired) electrons. The van der Waals surface area contributed by atoms with E-state index in [1.54, 1.807) is 28.1 Å². The lowest BCUT2D eigenvalue weighted by atomic mass is 10.1. The van der Waals surface area contributed by atoms with Crippen LogP contribution in [0.4, 0.5) is 0 Å². The minimum Gasteiger partial charge on any atom is -0.493 e. The molecule has 2 aromatic rings. The lowest BCUT2D eigenvalue weighted by molar-refractivity contribution is -0.884. The van der Waals surface area contributed by atoms with E-state index in [0.29, 0.717) is 40.6 Å². The molecule has 1 aromatic heterocycles. The number of nitrogens with one attached hydrogen (secondary N) is 2. The first-order valence-electron chi connectivity index (χ1n) is 9.06. The van der Waals surface area contributed by atoms with Gasteiger partial charge in [0.25, 0.3) is 0 Å². The zero-order valence-electron chi connectivity index (χ0n) is 17.6. The minimum atomic E-state index is -0.438. The van der Waals surface area contributed by atoms with Crippen molar-refractivity contribution in [1.82, 2.24) is 4.98 Å². The summed E-state index contributed by atoms with van der Waals surface area (Å²) in [5, 5.41) is 0. The van der Waals surface area contributed by atoms with Crippen molar-refractivity contribution in [3.63, 3.8) is 0 Å². The normalized spacial score (nSPS) is 11.8. The molecule has 0 aliphatic rings. The Bertz CT molecular complexity index is 885. The number of Topliss-reactive ketones (excluding diaryl/α,β-unsaturated/α-hetero) is 1. The number of benzene rings is 1. The molecule has 0 bridgehead atoms. The van der Waals surface area contributed by atoms with Crippen LogP contribution >= 0.6 is 0 Å². The standard InChI is InChI=1S/C21H28N2O5/c1-12-8-17(26-5)18(27-6)9-15(12)10-23(4)11-16(24)20-13(2)19(14(3)22-20)21(25)28-7/h8-9,22H,10-11H2,1-7H3/p+1. The van der Waals surface area contributed by atoms with Gasteiger partial charge in [0, 0.05) is 11.3 Å². The van der Waals surface area contributed by atoms with E-state index in [-0.39, 0.29) is 12.3 Å². The van der Waals surface area contributed by atoms with Crippen LogP contribution in [-0.2, 0) is 11.3 Å². The summed E-state index contributed by atoms with van der Waals surface area (Å²) in [6.07, 6.45) is 0. The van der Waals surface area contributed by atoms with Gasteiger partial charge in [0.1, 0.15) is 13.1 Å². The third kappa shape index (κ3) is 4.36. The highest BCUT2D eigenvalue weighted by molar-refractivity contribution is 6.01. The Balaban J connectivity index is 2.17. The molecule has 2 N–H and O–H groups in total. The molecule has 0 saturated heterocycles. The van der Waals surface area contributed by atoms with E-state index in [1.807, 2.05) is 26.1 Å². The molecule has 7 heteroatoms. The highest BCUT2D eigenvalue weighted by atomic mass is 16.5. The molecule has 2 rings (SSSR count). The fraction of sp³-hybridized carbons (Fsp3) is 0.429. The predicted molar refractivity (Wildman–Crippen MR) is 106 cm³/mol. The van der Waals surface area contributed by atoms with Crippen LogP contribution in [0.3, 0.4) is 0 Å². The number of carbonyl (C=O) groups is 2. The van der Waals surface area contributed by atoms with Crippen molar-refractivity contribution in [2.45, 2.75) is 27.3 Å². The molecule has 0 spiro atoms. The smallest absolute Gasteiger partial charge is 0.339 e. The SMILES string of the molecule is COC(=O)c1c(C)[nH]c(C(=O)C[NH+](C)Cc2cc(OC)c(OC)cc2C)c1C.